The van der Waals surface area contributed by atoms with Gasteiger partial charge in [0.05, 0.1) is 13.2 Å². The van der Waals surface area contributed by atoms with Gasteiger partial charge in [0.25, 0.3) is 0 Å². The maximum atomic E-state index is 13.4. The number of hydrogen-bond acceptors (Lipinski definition) is 3. The predicted molar refractivity (Wildman–Crippen MR) is 98.2 cm³/mol. The number of nitrogens with zero attached hydrogens (tertiary/aromatic N) is 1. The van der Waals surface area contributed by atoms with Crippen molar-refractivity contribution in [3.05, 3.63) is 71.3 Å². The second kappa shape index (κ2) is 7.87. The lowest BCUT2D eigenvalue weighted by molar-refractivity contribution is -0.133. The fourth-order valence-electron chi connectivity index (χ4n) is 4.36. The van der Waals surface area contributed by atoms with Crippen LogP contribution in [0, 0.1) is 17.6 Å². The first-order chi connectivity index (χ1) is 13.1. The van der Waals surface area contributed by atoms with Crippen LogP contribution in [0.1, 0.15) is 24.0 Å². The highest BCUT2D eigenvalue weighted by molar-refractivity contribution is 5.83. The van der Waals surface area contributed by atoms with E-state index < -0.39 is 11.6 Å². The van der Waals surface area contributed by atoms with Gasteiger partial charge in [0, 0.05) is 37.0 Å². The molecule has 2 fully saturated rings. The fraction of sp³-hybridized carbons (Fsp3) is 0.409. The molecule has 27 heavy (non-hydrogen) atoms. The molecule has 0 aliphatic carbocycles. The number of benzene rings is 2. The predicted octanol–water partition coefficient (Wildman–Crippen LogP) is 3.76. The van der Waals surface area contributed by atoms with Crippen LogP contribution in [0.5, 0.6) is 0 Å². The van der Waals surface area contributed by atoms with Crippen LogP contribution in [0.15, 0.2) is 48.5 Å². The zero-order chi connectivity index (χ0) is 18.8. The lowest BCUT2D eigenvalue weighted by Crippen LogP contribution is -2.57. The van der Waals surface area contributed by atoms with E-state index in [9.17, 15) is 13.6 Å². The monoisotopic (exact) mass is 371 g/mol. The van der Waals surface area contributed by atoms with Gasteiger partial charge in [-0.2, -0.15) is 0 Å². The number of carbonyl (C=O) groups is 1. The van der Waals surface area contributed by atoms with E-state index in [1.54, 1.807) is 0 Å². The van der Waals surface area contributed by atoms with Crippen molar-refractivity contribution in [2.45, 2.75) is 37.9 Å². The first-order valence-corrected chi connectivity index (χ1v) is 9.43. The molecule has 0 aromatic heterocycles. The Balaban J connectivity index is 1.44. The maximum absolute atomic E-state index is 13.4. The number of rotatable bonds is 5. The second-order valence-electron chi connectivity index (χ2n) is 7.59. The quantitative estimate of drug-likeness (QED) is 0.802. The summed E-state index contributed by atoms with van der Waals surface area (Å²) in [5.41, 5.74) is 1.67. The van der Waals surface area contributed by atoms with Crippen molar-refractivity contribution in [1.29, 1.82) is 0 Å². The molecule has 2 unspecified atom stereocenters. The molecule has 4 rings (SSSR count). The zero-order valence-corrected chi connectivity index (χ0v) is 15.1. The van der Waals surface area contributed by atoms with Crippen molar-refractivity contribution >= 4 is 5.78 Å². The molecule has 2 bridgehead atoms. The van der Waals surface area contributed by atoms with E-state index in [2.05, 4.69) is 17.0 Å². The van der Waals surface area contributed by atoms with Crippen molar-refractivity contribution in [1.82, 2.24) is 4.90 Å². The topological polar surface area (TPSA) is 29.5 Å². The Morgan fingerprint density at radius 2 is 1.59 bits per heavy atom. The van der Waals surface area contributed by atoms with Crippen LogP contribution in [0.4, 0.5) is 8.78 Å². The average molecular weight is 371 g/mol. The first kappa shape index (κ1) is 18.3. The Bertz CT molecular complexity index is 777. The lowest BCUT2D eigenvalue weighted by Gasteiger charge is -2.48. The average Bonchev–Trinajstić information content (AvgIpc) is 2.61. The number of halogens is 2. The van der Waals surface area contributed by atoms with Crippen LogP contribution < -0.4 is 0 Å². The summed E-state index contributed by atoms with van der Waals surface area (Å²) in [5, 5.41) is 0. The molecule has 0 radical (unpaired) electrons. The molecule has 5 heteroatoms. The van der Waals surface area contributed by atoms with Crippen LogP contribution >= 0.6 is 0 Å². The summed E-state index contributed by atoms with van der Waals surface area (Å²) in [4.78, 5) is 15.2. The largest absolute Gasteiger partial charge is 0.378 e. The molecule has 2 aliphatic heterocycles. The molecule has 0 N–H and O–H groups in total. The number of fused-ring (bicyclic) bond motifs is 2. The van der Waals surface area contributed by atoms with E-state index >= 15 is 0 Å². The van der Waals surface area contributed by atoms with Crippen molar-refractivity contribution in [2.75, 3.05) is 13.2 Å². The molecule has 2 aromatic rings. The highest BCUT2D eigenvalue weighted by atomic mass is 19.1. The minimum atomic E-state index is -0.638. The third kappa shape index (κ3) is 4.25. The van der Waals surface area contributed by atoms with Crippen LogP contribution in [0.25, 0.3) is 0 Å². The minimum Gasteiger partial charge on any atom is -0.378 e. The summed E-state index contributed by atoms with van der Waals surface area (Å²) < 4.78 is 32.5. The number of ether oxygens (including phenoxy) is 1. The number of Topliss-reactive ketones (excluding diaryl/α,β-unsaturated/α-hetero) is 1. The van der Waals surface area contributed by atoms with Crippen molar-refractivity contribution in [3.8, 4) is 0 Å². The van der Waals surface area contributed by atoms with E-state index in [4.69, 9.17) is 4.74 Å². The lowest BCUT2D eigenvalue weighted by atomic mass is 9.80. The van der Waals surface area contributed by atoms with E-state index in [1.807, 2.05) is 18.2 Å². The Labute approximate surface area is 157 Å². The van der Waals surface area contributed by atoms with Crippen LogP contribution in [-0.2, 0) is 22.5 Å². The Kier molecular flexibility index (Phi) is 5.32. The van der Waals surface area contributed by atoms with Gasteiger partial charge in [-0.25, -0.2) is 8.78 Å². The summed E-state index contributed by atoms with van der Waals surface area (Å²) in [6, 6.07) is 14.0. The number of carbonyl (C=O) groups excluding carboxylic acids is 1. The molecule has 2 aromatic carbocycles. The third-order valence-electron chi connectivity index (χ3n) is 5.64. The highest BCUT2D eigenvalue weighted by Gasteiger charge is 2.41. The maximum Gasteiger partial charge on any atom is 0.140 e. The summed E-state index contributed by atoms with van der Waals surface area (Å²) in [7, 11) is 0. The van der Waals surface area contributed by atoms with Crippen molar-refractivity contribution in [2.24, 2.45) is 5.92 Å². The minimum absolute atomic E-state index is 0.0660. The Morgan fingerprint density at radius 1 is 0.963 bits per heavy atom. The van der Waals surface area contributed by atoms with Gasteiger partial charge in [-0.3, -0.25) is 9.69 Å². The molecular weight excluding hydrogens is 348 g/mol. The molecule has 2 saturated heterocycles. The summed E-state index contributed by atoms with van der Waals surface area (Å²) >= 11 is 0. The normalized spacial score (nSPS) is 25.3. The number of ketones is 1. The molecule has 3 nitrogen and oxygen atoms in total. The Morgan fingerprint density at radius 3 is 2.22 bits per heavy atom. The van der Waals surface area contributed by atoms with Gasteiger partial charge in [-0.05, 0) is 36.1 Å². The van der Waals surface area contributed by atoms with Crippen LogP contribution in [0.3, 0.4) is 0 Å². The molecular formula is C22H23F2NO2. The van der Waals surface area contributed by atoms with Crippen molar-refractivity contribution < 1.29 is 18.3 Å². The van der Waals surface area contributed by atoms with E-state index in [0.29, 0.717) is 18.8 Å². The van der Waals surface area contributed by atoms with Gasteiger partial charge in [0.1, 0.15) is 17.4 Å². The summed E-state index contributed by atoms with van der Waals surface area (Å²) in [6.07, 6.45) is 1.55. The molecule has 2 aliphatic rings. The van der Waals surface area contributed by atoms with Gasteiger partial charge in [0.15, 0.2) is 0 Å². The molecule has 2 heterocycles. The fourth-order valence-corrected chi connectivity index (χ4v) is 4.36. The molecule has 2 atom stereocenters. The number of morpholine rings is 1. The van der Waals surface area contributed by atoms with E-state index in [-0.39, 0.29) is 30.2 Å². The van der Waals surface area contributed by atoms with Gasteiger partial charge >= 0.3 is 0 Å². The van der Waals surface area contributed by atoms with Crippen LogP contribution in [0.2, 0.25) is 0 Å². The standard InChI is InChI=1S/C22H23F2NO2/c23-18-6-16(7-19(24)11-18)8-22(26)17-9-20-13-27-14-21(10-17)25(20)12-15-4-2-1-3-5-15/h1-7,11,17,20-21H,8-10,12-14H2. The molecule has 142 valence electrons. The SMILES string of the molecule is O=C(Cc1cc(F)cc(F)c1)C1CC2COCC(C1)N2Cc1ccccc1. The highest BCUT2D eigenvalue weighted by Crippen LogP contribution is 2.34. The van der Waals surface area contributed by atoms with E-state index in [0.717, 1.165) is 25.5 Å². The van der Waals surface area contributed by atoms with Gasteiger partial charge in [-0.1, -0.05) is 30.3 Å². The van der Waals surface area contributed by atoms with Gasteiger partial charge in [-0.15, -0.1) is 0 Å². The second-order valence-corrected chi connectivity index (χ2v) is 7.59. The number of piperidine rings is 1. The summed E-state index contributed by atoms with van der Waals surface area (Å²) in [5.74, 6) is -1.29. The molecule has 0 spiro atoms. The molecule has 0 amide bonds. The van der Waals surface area contributed by atoms with Gasteiger partial charge < -0.3 is 4.74 Å². The van der Waals surface area contributed by atoms with Crippen LogP contribution in [-0.4, -0.2) is 36.0 Å². The summed E-state index contributed by atoms with van der Waals surface area (Å²) in [6.45, 7) is 2.11. The number of hydrogen-bond donors (Lipinski definition) is 0. The Hall–Kier alpha value is -2.11. The van der Waals surface area contributed by atoms with Gasteiger partial charge in [0.2, 0.25) is 0 Å². The van der Waals surface area contributed by atoms with E-state index in [1.165, 1.54) is 17.7 Å². The zero-order valence-electron chi connectivity index (χ0n) is 15.1. The smallest absolute Gasteiger partial charge is 0.140 e. The molecule has 0 saturated carbocycles. The third-order valence-corrected chi connectivity index (χ3v) is 5.64. The first-order valence-electron chi connectivity index (χ1n) is 9.43. The van der Waals surface area contributed by atoms with Crippen molar-refractivity contribution in [3.63, 3.8) is 0 Å².